The molecule has 0 bridgehead atoms. The van der Waals surface area contributed by atoms with Crippen LogP contribution in [0.3, 0.4) is 0 Å². The topological polar surface area (TPSA) is 37.3 Å². The van der Waals surface area contributed by atoms with Crippen LogP contribution in [0.5, 0.6) is 0 Å². The predicted octanol–water partition coefficient (Wildman–Crippen LogP) is 3.16. The van der Waals surface area contributed by atoms with Crippen LogP contribution < -0.4 is 0 Å². The normalized spacial score (nSPS) is 13.4. The van der Waals surface area contributed by atoms with Gasteiger partial charge in [-0.2, -0.15) is 12.6 Å². The summed E-state index contributed by atoms with van der Waals surface area (Å²) in [6.07, 6.45) is 0.545. The summed E-state index contributed by atoms with van der Waals surface area (Å²) in [6.45, 7) is 6.49. The Morgan fingerprint density at radius 3 is 2.18 bits per heavy atom. The minimum Gasteiger partial charge on any atom is -0.481 e. The molecule has 1 N–H and O–H groups in total. The van der Waals surface area contributed by atoms with E-state index in [1.807, 2.05) is 12.1 Å². The fourth-order valence-electron chi connectivity index (χ4n) is 1.66. The summed E-state index contributed by atoms with van der Waals surface area (Å²) in [7, 11) is 0. The van der Waals surface area contributed by atoms with Gasteiger partial charge < -0.3 is 5.11 Å². The first-order valence-corrected chi connectivity index (χ1v) is 6.41. The summed E-state index contributed by atoms with van der Waals surface area (Å²) < 4.78 is 0. The molecule has 0 saturated carbocycles. The Bertz CT molecular complexity index is 376. The standard InChI is InChI=1S/C14H20O2S/c1-14(2,3)12-6-4-10(5-7-12)8-11(9-17)13(15)16/h4-7,11,17H,8-9H2,1-3H3,(H,15,16). The molecule has 1 aromatic rings. The van der Waals surface area contributed by atoms with Crippen LogP contribution in [0.2, 0.25) is 0 Å². The molecule has 0 amide bonds. The molecule has 0 aromatic heterocycles. The summed E-state index contributed by atoms with van der Waals surface area (Å²) in [5.41, 5.74) is 2.45. The van der Waals surface area contributed by atoms with Gasteiger partial charge in [-0.15, -0.1) is 0 Å². The van der Waals surface area contributed by atoms with Gasteiger partial charge in [-0.3, -0.25) is 4.79 Å². The number of carboxylic acids is 1. The molecule has 1 aromatic carbocycles. The van der Waals surface area contributed by atoms with E-state index >= 15 is 0 Å². The van der Waals surface area contributed by atoms with Gasteiger partial charge in [0.15, 0.2) is 0 Å². The minimum atomic E-state index is -0.778. The van der Waals surface area contributed by atoms with Gasteiger partial charge in [-0.1, -0.05) is 45.0 Å². The minimum absolute atomic E-state index is 0.133. The summed E-state index contributed by atoms with van der Waals surface area (Å²) in [5, 5.41) is 8.97. The molecule has 0 aliphatic carbocycles. The van der Waals surface area contributed by atoms with Crippen molar-refractivity contribution >= 4 is 18.6 Å². The van der Waals surface area contributed by atoms with Crippen LogP contribution in [0.1, 0.15) is 31.9 Å². The van der Waals surface area contributed by atoms with E-state index in [1.165, 1.54) is 5.56 Å². The monoisotopic (exact) mass is 252 g/mol. The summed E-state index contributed by atoms with van der Waals surface area (Å²) >= 11 is 4.07. The van der Waals surface area contributed by atoms with E-state index in [-0.39, 0.29) is 5.41 Å². The van der Waals surface area contributed by atoms with E-state index in [1.54, 1.807) is 0 Å². The lowest BCUT2D eigenvalue weighted by atomic mass is 9.86. The van der Waals surface area contributed by atoms with Gasteiger partial charge in [0.05, 0.1) is 5.92 Å². The van der Waals surface area contributed by atoms with Crippen molar-refractivity contribution in [1.29, 1.82) is 0 Å². The second kappa shape index (κ2) is 5.58. The first-order valence-electron chi connectivity index (χ1n) is 5.77. The van der Waals surface area contributed by atoms with Crippen LogP contribution in [-0.4, -0.2) is 16.8 Å². The maximum absolute atomic E-state index is 10.9. The van der Waals surface area contributed by atoms with Crippen molar-refractivity contribution < 1.29 is 9.90 Å². The quantitative estimate of drug-likeness (QED) is 0.808. The van der Waals surface area contributed by atoms with E-state index in [9.17, 15) is 4.79 Å². The smallest absolute Gasteiger partial charge is 0.307 e. The molecule has 0 aliphatic rings. The number of benzene rings is 1. The number of thiol groups is 1. The van der Waals surface area contributed by atoms with Crippen LogP contribution >= 0.6 is 12.6 Å². The van der Waals surface area contributed by atoms with Crippen LogP contribution in [0.4, 0.5) is 0 Å². The number of hydrogen-bond donors (Lipinski definition) is 2. The maximum atomic E-state index is 10.9. The molecule has 0 heterocycles. The molecule has 1 rings (SSSR count). The predicted molar refractivity (Wildman–Crippen MR) is 73.8 cm³/mol. The van der Waals surface area contributed by atoms with Gasteiger partial charge in [0.2, 0.25) is 0 Å². The summed E-state index contributed by atoms with van der Waals surface area (Å²) in [4.78, 5) is 10.9. The van der Waals surface area contributed by atoms with Crippen LogP contribution in [0.25, 0.3) is 0 Å². The Labute approximate surface area is 108 Å². The van der Waals surface area contributed by atoms with Crippen molar-refractivity contribution in [3.8, 4) is 0 Å². The lowest BCUT2D eigenvalue weighted by Crippen LogP contribution is -2.18. The van der Waals surface area contributed by atoms with Crippen molar-refractivity contribution in [3.63, 3.8) is 0 Å². The highest BCUT2D eigenvalue weighted by Crippen LogP contribution is 2.23. The molecule has 0 aliphatic heterocycles. The van der Waals surface area contributed by atoms with Crippen molar-refractivity contribution in [2.24, 2.45) is 5.92 Å². The van der Waals surface area contributed by atoms with Gasteiger partial charge >= 0.3 is 5.97 Å². The third kappa shape index (κ3) is 4.08. The molecule has 94 valence electrons. The Morgan fingerprint density at radius 2 is 1.82 bits per heavy atom. The molecular weight excluding hydrogens is 232 g/mol. The molecule has 1 unspecified atom stereocenters. The van der Waals surface area contributed by atoms with E-state index in [0.717, 1.165) is 5.56 Å². The van der Waals surface area contributed by atoms with Crippen molar-refractivity contribution in [1.82, 2.24) is 0 Å². The third-order valence-electron chi connectivity index (χ3n) is 2.87. The zero-order valence-electron chi connectivity index (χ0n) is 10.6. The highest BCUT2D eigenvalue weighted by molar-refractivity contribution is 7.80. The lowest BCUT2D eigenvalue weighted by Gasteiger charge is -2.19. The first kappa shape index (κ1) is 14.1. The highest BCUT2D eigenvalue weighted by Gasteiger charge is 2.17. The van der Waals surface area contributed by atoms with Crippen molar-refractivity contribution in [2.75, 3.05) is 5.75 Å². The molecule has 0 fully saturated rings. The fourth-order valence-corrected chi connectivity index (χ4v) is 1.94. The Morgan fingerprint density at radius 1 is 1.29 bits per heavy atom. The van der Waals surface area contributed by atoms with E-state index in [0.29, 0.717) is 12.2 Å². The second-order valence-electron chi connectivity index (χ2n) is 5.37. The van der Waals surface area contributed by atoms with E-state index in [4.69, 9.17) is 5.11 Å². The van der Waals surface area contributed by atoms with Gasteiger partial charge in [0.25, 0.3) is 0 Å². The number of carboxylic acid groups (broad SMARTS) is 1. The zero-order chi connectivity index (χ0) is 13.1. The largest absolute Gasteiger partial charge is 0.481 e. The average Bonchev–Trinajstić information content (AvgIpc) is 2.25. The van der Waals surface area contributed by atoms with Crippen LogP contribution in [-0.2, 0) is 16.6 Å². The molecule has 0 radical (unpaired) electrons. The molecule has 17 heavy (non-hydrogen) atoms. The van der Waals surface area contributed by atoms with E-state index < -0.39 is 11.9 Å². The SMILES string of the molecule is CC(C)(C)c1ccc(CC(CS)C(=O)O)cc1. The Hall–Kier alpha value is -0.960. The Kier molecular flexibility index (Phi) is 4.63. The maximum Gasteiger partial charge on any atom is 0.307 e. The highest BCUT2D eigenvalue weighted by atomic mass is 32.1. The number of hydrogen-bond acceptors (Lipinski definition) is 2. The molecule has 1 atom stereocenters. The average molecular weight is 252 g/mol. The van der Waals surface area contributed by atoms with Crippen molar-refractivity contribution in [3.05, 3.63) is 35.4 Å². The van der Waals surface area contributed by atoms with Crippen LogP contribution in [0, 0.1) is 5.92 Å². The number of carbonyl (C=O) groups is 1. The van der Waals surface area contributed by atoms with Gasteiger partial charge in [0.1, 0.15) is 0 Å². The van der Waals surface area contributed by atoms with Crippen molar-refractivity contribution in [2.45, 2.75) is 32.6 Å². The number of rotatable bonds is 4. The summed E-state index contributed by atoms with van der Waals surface area (Å²) in [6, 6.07) is 8.18. The first-order chi connectivity index (χ1) is 7.84. The molecule has 2 nitrogen and oxygen atoms in total. The third-order valence-corrected chi connectivity index (χ3v) is 3.31. The molecular formula is C14H20O2S. The molecule has 0 saturated heterocycles. The summed E-state index contributed by atoms with van der Waals surface area (Å²) in [5.74, 6) is -0.810. The van der Waals surface area contributed by atoms with Crippen LogP contribution in [0.15, 0.2) is 24.3 Å². The Balaban J connectivity index is 2.78. The van der Waals surface area contributed by atoms with E-state index in [2.05, 4.69) is 45.5 Å². The molecule has 3 heteroatoms. The lowest BCUT2D eigenvalue weighted by molar-refractivity contribution is -0.140. The van der Waals surface area contributed by atoms with Gasteiger partial charge in [0, 0.05) is 5.75 Å². The number of aliphatic carboxylic acids is 1. The second-order valence-corrected chi connectivity index (χ2v) is 5.73. The van der Waals surface area contributed by atoms with Gasteiger partial charge in [-0.25, -0.2) is 0 Å². The zero-order valence-corrected chi connectivity index (χ0v) is 11.5. The molecule has 0 spiro atoms. The fraction of sp³-hybridized carbons (Fsp3) is 0.500. The van der Waals surface area contributed by atoms with Gasteiger partial charge in [-0.05, 0) is 23.0 Å².